The van der Waals surface area contributed by atoms with Crippen molar-refractivity contribution in [1.82, 2.24) is 14.7 Å². The summed E-state index contributed by atoms with van der Waals surface area (Å²) in [5, 5.41) is 4.17. The van der Waals surface area contributed by atoms with Crippen molar-refractivity contribution in [3.8, 4) is 0 Å². The number of hydrogen-bond acceptors (Lipinski definition) is 2. The first-order valence-electron chi connectivity index (χ1n) is 5.32. The third-order valence-corrected chi connectivity index (χ3v) is 3.05. The molecule has 0 radical (unpaired) electrons. The van der Waals surface area contributed by atoms with Crippen molar-refractivity contribution in [2.75, 3.05) is 7.05 Å². The second-order valence-electron chi connectivity index (χ2n) is 4.35. The van der Waals surface area contributed by atoms with Crippen LogP contribution in [0.15, 0.2) is 6.20 Å². The number of aromatic nitrogens is 2. The van der Waals surface area contributed by atoms with Crippen LogP contribution in [0, 0.1) is 12.8 Å². The highest BCUT2D eigenvalue weighted by molar-refractivity contribution is 5.80. The van der Waals surface area contributed by atoms with E-state index < -0.39 is 0 Å². The quantitative estimate of drug-likeness (QED) is 0.744. The summed E-state index contributed by atoms with van der Waals surface area (Å²) in [6, 6.07) is 0. The van der Waals surface area contributed by atoms with Crippen molar-refractivity contribution in [2.45, 2.75) is 26.3 Å². The Hall–Kier alpha value is -1.32. The first-order chi connectivity index (χ1) is 7.09. The number of carbonyl (C=O) groups is 1. The molecule has 1 aliphatic rings. The van der Waals surface area contributed by atoms with Gasteiger partial charge in [0.15, 0.2) is 0 Å². The van der Waals surface area contributed by atoms with Crippen LogP contribution in [0.5, 0.6) is 0 Å². The van der Waals surface area contributed by atoms with Crippen LogP contribution in [-0.2, 0) is 18.4 Å². The van der Waals surface area contributed by atoms with Crippen molar-refractivity contribution < 1.29 is 4.79 Å². The molecule has 0 aliphatic heterocycles. The normalized spacial score (nSPS) is 15.4. The van der Waals surface area contributed by atoms with Crippen molar-refractivity contribution in [3.63, 3.8) is 0 Å². The summed E-state index contributed by atoms with van der Waals surface area (Å²) in [4.78, 5) is 13.5. The van der Waals surface area contributed by atoms with Gasteiger partial charge in [-0.1, -0.05) is 0 Å². The second-order valence-corrected chi connectivity index (χ2v) is 4.35. The van der Waals surface area contributed by atoms with Crippen LogP contribution in [0.25, 0.3) is 0 Å². The maximum absolute atomic E-state index is 11.7. The molecule has 0 saturated heterocycles. The van der Waals surface area contributed by atoms with Crippen LogP contribution in [-0.4, -0.2) is 27.6 Å². The molecule has 0 N–H and O–H groups in total. The molecule has 0 aromatic carbocycles. The topological polar surface area (TPSA) is 38.1 Å². The second kappa shape index (κ2) is 3.68. The van der Waals surface area contributed by atoms with E-state index in [1.165, 1.54) is 0 Å². The Labute approximate surface area is 89.9 Å². The van der Waals surface area contributed by atoms with Gasteiger partial charge < -0.3 is 4.90 Å². The standard InChI is InChI=1S/C11H17N3O/c1-8-10(6-12-14(8)3)7-13(2)11(15)9-4-5-9/h6,9H,4-5,7H2,1-3H3. The highest BCUT2D eigenvalue weighted by Crippen LogP contribution is 2.31. The fourth-order valence-corrected chi connectivity index (χ4v) is 1.67. The molecule has 2 rings (SSSR count). The summed E-state index contributed by atoms with van der Waals surface area (Å²) in [5.41, 5.74) is 2.26. The number of carbonyl (C=O) groups excluding carboxylic acids is 1. The summed E-state index contributed by atoms with van der Waals surface area (Å²) in [5.74, 6) is 0.574. The number of aryl methyl sites for hydroxylation is 1. The van der Waals surface area contributed by atoms with E-state index in [2.05, 4.69) is 5.10 Å². The molecule has 0 bridgehead atoms. The summed E-state index contributed by atoms with van der Waals surface area (Å²) >= 11 is 0. The zero-order valence-corrected chi connectivity index (χ0v) is 9.53. The van der Waals surface area contributed by atoms with Gasteiger partial charge in [0, 0.05) is 37.8 Å². The largest absolute Gasteiger partial charge is 0.341 e. The monoisotopic (exact) mass is 207 g/mol. The molecule has 1 aromatic heterocycles. The maximum Gasteiger partial charge on any atom is 0.225 e. The van der Waals surface area contributed by atoms with Gasteiger partial charge in [0.2, 0.25) is 5.91 Å². The molecular weight excluding hydrogens is 190 g/mol. The minimum atomic E-state index is 0.276. The van der Waals surface area contributed by atoms with Crippen molar-refractivity contribution in [3.05, 3.63) is 17.5 Å². The Kier molecular flexibility index (Phi) is 2.50. The SMILES string of the molecule is Cc1c(CN(C)C(=O)C2CC2)cnn1C. The van der Waals surface area contributed by atoms with Crippen LogP contribution in [0.1, 0.15) is 24.1 Å². The molecule has 1 heterocycles. The summed E-state index contributed by atoms with van der Waals surface area (Å²) in [7, 11) is 3.79. The van der Waals surface area contributed by atoms with Crippen molar-refractivity contribution in [1.29, 1.82) is 0 Å². The molecule has 4 heteroatoms. The zero-order valence-electron chi connectivity index (χ0n) is 9.53. The Balaban J connectivity index is 2.01. The Morgan fingerprint density at radius 2 is 2.33 bits per heavy atom. The van der Waals surface area contributed by atoms with E-state index in [9.17, 15) is 4.79 Å². The highest BCUT2D eigenvalue weighted by Gasteiger charge is 2.32. The van der Waals surface area contributed by atoms with Gasteiger partial charge in [0.05, 0.1) is 6.20 Å². The molecule has 0 spiro atoms. The van der Waals surface area contributed by atoms with Crippen LogP contribution in [0.2, 0.25) is 0 Å². The molecular formula is C11H17N3O. The predicted octanol–water partition coefficient (Wildman–Crippen LogP) is 1.10. The molecule has 0 unspecified atom stereocenters. The van der Waals surface area contributed by atoms with E-state index in [1.54, 1.807) is 0 Å². The van der Waals surface area contributed by atoms with E-state index in [1.807, 2.05) is 36.8 Å². The van der Waals surface area contributed by atoms with Crippen LogP contribution in [0.4, 0.5) is 0 Å². The van der Waals surface area contributed by atoms with Gasteiger partial charge in [-0.15, -0.1) is 0 Å². The number of rotatable bonds is 3. The summed E-state index contributed by atoms with van der Waals surface area (Å²) in [6.45, 7) is 2.70. The van der Waals surface area contributed by atoms with E-state index in [-0.39, 0.29) is 5.91 Å². The average Bonchev–Trinajstić information content (AvgIpc) is 3.00. The number of hydrogen-bond donors (Lipinski definition) is 0. The van der Waals surface area contributed by atoms with Crippen LogP contribution < -0.4 is 0 Å². The minimum Gasteiger partial charge on any atom is -0.341 e. The van der Waals surface area contributed by atoms with Gasteiger partial charge in [-0.05, 0) is 19.8 Å². The maximum atomic E-state index is 11.7. The van der Waals surface area contributed by atoms with E-state index in [0.717, 1.165) is 24.1 Å². The third-order valence-electron chi connectivity index (χ3n) is 3.05. The Bertz CT molecular complexity index is 379. The first kappa shape index (κ1) is 10.2. The molecule has 4 nitrogen and oxygen atoms in total. The number of amides is 1. The zero-order chi connectivity index (χ0) is 11.0. The average molecular weight is 207 g/mol. The van der Waals surface area contributed by atoms with Crippen LogP contribution >= 0.6 is 0 Å². The molecule has 1 aromatic rings. The van der Waals surface area contributed by atoms with E-state index in [4.69, 9.17) is 0 Å². The van der Waals surface area contributed by atoms with Gasteiger partial charge in [-0.2, -0.15) is 5.10 Å². The predicted molar refractivity (Wildman–Crippen MR) is 57.1 cm³/mol. The molecule has 1 amide bonds. The molecule has 1 aliphatic carbocycles. The fraction of sp³-hybridized carbons (Fsp3) is 0.636. The minimum absolute atomic E-state index is 0.276. The van der Waals surface area contributed by atoms with Crippen molar-refractivity contribution in [2.24, 2.45) is 13.0 Å². The molecule has 15 heavy (non-hydrogen) atoms. The lowest BCUT2D eigenvalue weighted by atomic mass is 10.2. The summed E-state index contributed by atoms with van der Waals surface area (Å²) < 4.78 is 1.84. The van der Waals surface area contributed by atoms with Crippen molar-refractivity contribution >= 4 is 5.91 Å². The number of nitrogens with zero attached hydrogens (tertiary/aromatic N) is 3. The Morgan fingerprint density at radius 3 is 2.80 bits per heavy atom. The summed E-state index contributed by atoms with van der Waals surface area (Å²) in [6.07, 6.45) is 3.97. The smallest absolute Gasteiger partial charge is 0.225 e. The third kappa shape index (κ3) is 2.03. The lowest BCUT2D eigenvalue weighted by Gasteiger charge is -2.16. The lowest BCUT2D eigenvalue weighted by molar-refractivity contribution is -0.131. The van der Waals surface area contributed by atoms with Gasteiger partial charge in [-0.25, -0.2) is 0 Å². The van der Waals surface area contributed by atoms with E-state index in [0.29, 0.717) is 12.5 Å². The first-order valence-corrected chi connectivity index (χ1v) is 5.32. The highest BCUT2D eigenvalue weighted by atomic mass is 16.2. The molecule has 1 fully saturated rings. The van der Waals surface area contributed by atoms with Gasteiger partial charge in [-0.3, -0.25) is 9.48 Å². The fourth-order valence-electron chi connectivity index (χ4n) is 1.67. The Morgan fingerprint density at radius 1 is 1.67 bits per heavy atom. The van der Waals surface area contributed by atoms with Gasteiger partial charge in [0.25, 0.3) is 0 Å². The molecule has 82 valence electrons. The van der Waals surface area contributed by atoms with Crippen LogP contribution in [0.3, 0.4) is 0 Å². The van der Waals surface area contributed by atoms with Gasteiger partial charge >= 0.3 is 0 Å². The molecule has 0 atom stereocenters. The van der Waals surface area contributed by atoms with E-state index >= 15 is 0 Å². The molecule has 1 saturated carbocycles. The van der Waals surface area contributed by atoms with Gasteiger partial charge in [0.1, 0.15) is 0 Å². The lowest BCUT2D eigenvalue weighted by Crippen LogP contribution is -2.27.